The molecule has 220 valence electrons. The topological polar surface area (TPSA) is 165 Å². The average molecular weight is 574 g/mol. The molecule has 5 rings (SSSR count). The molecule has 2 aromatic carbocycles. The Bertz CT molecular complexity index is 1630. The van der Waals surface area contributed by atoms with Crippen molar-refractivity contribution in [2.75, 3.05) is 33.1 Å². The van der Waals surface area contributed by atoms with Gasteiger partial charge in [-0.25, -0.2) is 0 Å². The van der Waals surface area contributed by atoms with Gasteiger partial charge in [0, 0.05) is 36.8 Å². The molecule has 0 aromatic heterocycles. The Labute approximate surface area is 243 Å². The second-order valence-electron chi connectivity index (χ2n) is 11.9. The monoisotopic (exact) mass is 573 g/mol. The van der Waals surface area contributed by atoms with Gasteiger partial charge in [-0.15, -0.1) is 0 Å². The van der Waals surface area contributed by atoms with Crippen LogP contribution < -0.4 is 10.6 Å². The maximum atomic E-state index is 14.1. The Kier molecular flexibility index (Phi) is 6.82. The lowest BCUT2D eigenvalue weighted by atomic mass is 9.57. The first kappa shape index (κ1) is 29.1. The number of hydrogen-bond donors (Lipinski definition) is 5. The number of fused-ring (bicyclic) bond motifs is 3. The van der Waals surface area contributed by atoms with Gasteiger partial charge in [0.25, 0.3) is 5.91 Å². The van der Waals surface area contributed by atoms with Crippen LogP contribution in [0.15, 0.2) is 53.8 Å². The molecule has 1 saturated carbocycles. The SMILES string of the molecule is C=C(C)c1cc(-c2ccc(N(C)C)cc2)c2c(c1O)C(O)=C1C(=O)[C@]3(O)C(O)=C(C(N)=O)C(=O)[C@@H](N(C)C)[C@@H]3C[C@@H]1C2. The summed E-state index contributed by atoms with van der Waals surface area (Å²) in [6.07, 6.45) is 0.219. The van der Waals surface area contributed by atoms with E-state index in [0.717, 1.165) is 16.8 Å². The highest BCUT2D eigenvalue weighted by Gasteiger charge is 2.64. The number of hydrogen-bond acceptors (Lipinski definition) is 9. The summed E-state index contributed by atoms with van der Waals surface area (Å²) in [5.74, 6) is -6.81. The van der Waals surface area contributed by atoms with Crippen molar-refractivity contribution in [1.82, 2.24) is 4.90 Å². The van der Waals surface area contributed by atoms with Gasteiger partial charge in [-0.3, -0.25) is 19.3 Å². The summed E-state index contributed by atoms with van der Waals surface area (Å²) in [4.78, 5) is 43.1. The number of Topliss-reactive ketones (excluding diaryl/α,β-unsaturated/α-hetero) is 2. The second kappa shape index (κ2) is 9.85. The third kappa shape index (κ3) is 3.97. The summed E-state index contributed by atoms with van der Waals surface area (Å²) in [7, 11) is 7.00. The standard InChI is InChI=1S/C32H35N3O7/c1-14(2)18-13-19(15-7-9-17(10-8-15)34(3)4)20-11-16-12-21-25(35(5)6)28(38)24(31(33)41)30(40)32(21,42)29(39)22(16)27(37)23(20)26(18)36/h7-10,13,16,21,25,36-37,40,42H,1,11-12H2,2-6H3,(H2,33,41)/t16-,21-,25-,32-/m0/s1. The van der Waals surface area contributed by atoms with E-state index in [4.69, 9.17) is 5.73 Å². The molecule has 10 nitrogen and oxygen atoms in total. The van der Waals surface area contributed by atoms with E-state index >= 15 is 0 Å². The van der Waals surface area contributed by atoms with Gasteiger partial charge in [-0.05, 0) is 80.2 Å². The molecule has 4 atom stereocenters. The van der Waals surface area contributed by atoms with Gasteiger partial charge in [0.15, 0.2) is 11.4 Å². The molecule has 1 amide bonds. The van der Waals surface area contributed by atoms with E-state index in [2.05, 4.69) is 6.58 Å². The number of rotatable bonds is 5. The largest absolute Gasteiger partial charge is 0.508 e. The molecule has 0 aliphatic heterocycles. The number of benzene rings is 2. The maximum absolute atomic E-state index is 14.1. The molecule has 3 aliphatic carbocycles. The van der Waals surface area contributed by atoms with Crippen LogP contribution in [0.4, 0.5) is 5.69 Å². The van der Waals surface area contributed by atoms with E-state index in [1.54, 1.807) is 27.1 Å². The summed E-state index contributed by atoms with van der Waals surface area (Å²) in [6.45, 7) is 5.68. The zero-order chi connectivity index (χ0) is 31.0. The number of nitrogens with zero attached hydrogens (tertiary/aromatic N) is 2. The molecule has 1 fully saturated rings. The molecule has 0 bridgehead atoms. The number of phenolic OH excluding ortho intramolecular Hbond substituents is 1. The summed E-state index contributed by atoms with van der Waals surface area (Å²) in [5.41, 5.74) is 5.76. The molecule has 6 N–H and O–H groups in total. The highest BCUT2D eigenvalue weighted by Crippen LogP contribution is 2.54. The Morgan fingerprint density at radius 3 is 2.21 bits per heavy atom. The van der Waals surface area contributed by atoms with Crippen LogP contribution in [0.25, 0.3) is 22.5 Å². The fourth-order valence-electron chi connectivity index (χ4n) is 6.83. The molecular weight excluding hydrogens is 538 g/mol. The van der Waals surface area contributed by atoms with E-state index in [-0.39, 0.29) is 29.7 Å². The van der Waals surface area contributed by atoms with Crippen LogP contribution in [0.5, 0.6) is 5.75 Å². The molecule has 3 aliphatic rings. The first-order valence-corrected chi connectivity index (χ1v) is 13.6. The van der Waals surface area contributed by atoms with Crippen molar-refractivity contribution in [1.29, 1.82) is 0 Å². The van der Waals surface area contributed by atoms with Crippen molar-refractivity contribution >= 4 is 34.5 Å². The molecule has 10 heteroatoms. The fraction of sp³-hybridized carbons (Fsp3) is 0.344. The van der Waals surface area contributed by atoms with Crippen LogP contribution in [0.3, 0.4) is 0 Å². The molecule has 2 aromatic rings. The third-order valence-corrected chi connectivity index (χ3v) is 8.88. The van der Waals surface area contributed by atoms with Gasteiger partial charge >= 0.3 is 0 Å². The maximum Gasteiger partial charge on any atom is 0.255 e. The lowest BCUT2D eigenvalue weighted by Gasteiger charge is -2.50. The smallest absolute Gasteiger partial charge is 0.255 e. The number of aliphatic hydroxyl groups excluding tert-OH is 2. The van der Waals surface area contributed by atoms with Crippen LogP contribution in [0.2, 0.25) is 0 Å². The van der Waals surface area contributed by atoms with Gasteiger partial charge in [0.1, 0.15) is 22.8 Å². The van der Waals surface area contributed by atoms with Crippen molar-refractivity contribution in [2.24, 2.45) is 17.6 Å². The normalized spacial score (nSPS) is 25.3. The Morgan fingerprint density at radius 2 is 1.69 bits per heavy atom. The zero-order valence-electron chi connectivity index (χ0n) is 24.2. The molecule has 0 heterocycles. The van der Waals surface area contributed by atoms with Crippen molar-refractivity contribution in [3.63, 3.8) is 0 Å². The van der Waals surface area contributed by atoms with Crippen LogP contribution >= 0.6 is 0 Å². The predicted octanol–water partition coefficient (Wildman–Crippen LogP) is 2.73. The predicted molar refractivity (Wildman–Crippen MR) is 159 cm³/mol. The van der Waals surface area contributed by atoms with E-state index in [0.29, 0.717) is 16.7 Å². The summed E-state index contributed by atoms with van der Waals surface area (Å²) in [6, 6.07) is 8.43. The third-order valence-electron chi connectivity index (χ3n) is 8.88. The molecule has 0 radical (unpaired) electrons. The van der Waals surface area contributed by atoms with Crippen LogP contribution in [0.1, 0.15) is 30.0 Å². The minimum Gasteiger partial charge on any atom is -0.508 e. The number of amides is 1. The molecule has 0 saturated heterocycles. The van der Waals surface area contributed by atoms with Gasteiger partial charge in [-0.1, -0.05) is 18.7 Å². The van der Waals surface area contributed by atoms with Crippen LogP contribution in [0, 0.1) is 11.8 Å². The lowest BCUT2D eigenvalue weighted by molar-refractivity contribution is -0.153. The number of phenols is 1. The van der Waals surface area contributed by atoms with E-state index in [1.165, 1.54) is 4.90 Å². The number of nitrogens with two attached hydrogens (primary N) is 1. The highest BCUT2D eigenvalue weighted by molar-refractivity contribution is 6.24. The summed E-state index contributed by atoms with van der Waals surface area (Å²) >= 11 is 0. The van der Waals surface area contributed by atoms with Gasteiger partial charge in [0.05, 0.1) is 11.6 Å². The van der Waals surface area contributed by atoms with Crippen molar-refractivity contribution in [3.05, 3.63) is 70.5 Å². The number of likely N-dealkylation sites (N-methyl/N-ethyl adjacent to an activating group) is 1. The van der Waals surface area contributed by atoms with E-state index in [1.807, 2.05) is 43.3 Å². The molecule has 0 spiro atoms. The van der Waals surface area contributed by atoms with Crippen molar-refractivity contribution < 1.29 is 34.8 Å². The first-order valence-electron chi connectivity index (χ1n) is 13.6. The fourth-order valence-corrected chi connectivity index (χ4v) is 6.83. The number of primary amides is 1. The van der Waals surface area contributed by atoms with Gasteiger partial charge in [-0.2, -0.15) is 0 Å². The van der Waals surface area contributed by atoms with Gasteiger partial charge < -0.3 is 31.1 Å². The number of carbonyl (C=O) groups excluding carboxylic acids is 3. The quantitative estimate of drug-likeness (QED) is 0.338. The molecule has 42 heavy (non-hydrogen) atoms. The average Bonchev–Trinajstić information content (AvgIpc) is 2.90. The number of carbonyl (C=O) groups is 3. The lowest BCUT2D eigenvalue weighted by Crippen LogP contribution is -2.65. The minimum absolute atomic E-state index is 0.0216. The Morgan fingerprint density at radius 1 is 1.07 bits per heavy atom. The Balaban J connectivity index is 1.77. The van der Waals surface area contributed by atoms with E-state index in [9.17, 15) is 34.8 Å². The summed E-state index contributed by atoms with van der Waals surface area (Å²) < 4.78 is 0. The molecule has 0 unspecified atom stereocenters. The number of aliphatic hydroxyl groups is 3. The number of allylic oxidation sites excluding steroid dienone is 1. The van der Waals surface area contributed by atoms with Crippen LogP contribution in [-0.2, 0) is 20.8 Å². The van der Waals surface area contributed by atoms with Gasteiger partial charge in [0.2, 0.25) is 5.78 Å². The first-order chi connectivity index (χ1) is 19.6. The zero-order valence-corrected chi connectivity index (χ0v) is 24.2. The summed E-state index contributed by atoms with van der Waals surface area (Å²) in [5, 5.41) is 45.9. The highest BCUT2D eigenvalue weighted by atomic mass is 16.3. The van der Waals surface area contributed by atoms with Crippen LogP contribution in [-0.4, -0.2) is 82.6 Å². The minimum atomic E-state index is -2.68. The second-order valence-corrected chi connectivity index (χ2v) is 11.9. The van der Waals surface area contributed by atoms with Crippen molar-refractivity contribution in [3.8, 4) is 16.9 Å². The Hall–Kier alpha value is -4.41. The number of aromatic hydroxyl groups is 1. The molecular formula is C32H35N3O7. The number of ketones is 2. The van der Waals surface area contributed by atoms with E-state index < -0.39 is 58.0 Å². The number of anilines is 1. The van der Waals surface area contributed by atoms with Crippen molar-refractivity contribution in [2.45, 2.75) is 31.4 Å².